The van der Waals surface area contributed by atoms with Crippen LogP contribution in [0.3, 0.4) is 0 Å². The number of aliphatic hydroxyl groups is 1. The van der Waals surface area contributed by atoms with E-state index in [1.54, 1.807) is 32.0 Å². The Morgan fingerprint density at radius 2 is 1.90 bits per heavy atom. The highest BCUT2D eigenvalue weighted by molar-refractivity contribution is 5.97. The van der Waals surface area contributed by atoms with E-state index in [9.17, 15) is 24.2 Å². The van der Waals surface area contributed by atoms with Crippen molar-refractivity contribution < 1.29 is 28.9 Å². The summed E-state index contributed by atoms with van der Waals surface area (Å²) in [5.41, 5.74) is -0.963. The molecule has 6 nitrogen and oxygen atoms in total. The molecule has 2 rings (SSSR count). The Balaban J connectivity index is 2.22. The molecular weight excluding hydrogens is 377 g/mol. The quantitative estimate of drug-likeness (QED) is 0.586. The molecule has 0 heterocycles. The number of hydrogen-bond acceptors (Lipinski definition) is 5. The highest BCUT2D eigenvalue weighted by Gasteiger charge is 2.39. The molecule has 2 aromatic rings. The maximum atomic E-state index is 13.6. The van der Waals surface area contributed by atoms with E-state index in [1.165, 1.54) is 26.2 Å². The van der Waals surface area contributed by atoms with Gasteiger partial charge >= 0.3 is 0 Å². The zero-order valence-electron chi connectivity index (χ0n) is 17.0. The summed E-state index contributed by atoms with van der Waals surface area (Å²) in [6.07, 6.45) is 0.629. The van der Waals surface area contributed by atoms with Crippen LogP contribution < -0.4 is 5.32 Å². The van der Waals surface area contributed by atoms with Gasteiger partial charge in [-0.25, -0.2) is 4.39 Å². The number of carbonyl (C=O) groups is 2. The number of phenolic OH excluding ortho intramolecular Hbond substituents is 1. The van der Waals surface area contributed by atoms with Crippen LogP contribution in [0.2, 0.25) is 0 Å². The van der Waals surface area contributed by atoms with Crippen molar-refractivity contribution in [3.63, 3.8) is 0 Å². The number of methoxy groups -OCH3 is 1. The summed E-state index contributed by atoms with van der Waals surface area (Å²) in [5, 5.41) is 23.5. The predicted molar refractivity (Wildman–Crippen MR) is 108 cm³/mol. The smallest absolute Gasteiger partial charge is 0.256 e. The van der Waals surface area contributed by atoms with Gasteiger partial charge in [0, 0.05) is 23.9 Å². The number of hydrogen-bond donors (Lipinski definition) is 3. The number of carbonyl (C=O) groups excluding carboxylic acids is 2. The van der Waals surface area contributed by atoms with Crippen molar-refractivity contribution >= 4 is 17.9 Å². The fourth-order valence-electron chi connectivity index (χ4n) is 3.43. The van der Waals surface area contributed by atoms with Crippen LogP contribution in [-0.2, 0) is 21.6 Å². The molecule has 156 valence electrons. The molecule has 0 saturated carbocycles. The number of nitrogens with one attached hydrogen (secondary N) is 1. The van der Waals surface area contributed by atoms with E-state index in [0.717, 1.165) is 6.07 Å². The summed E-state index contributed by atoms with van der Waals surface area (Å²) >= 11 is 0. The topological polar surface area (TPSA) is 95.9 Å². The lowest BCUT2D eigenvalue weighted by atomic mass is 9.75. The van der Waals surface area contributed by atoms with Gasteiger partial charge in [-0.3, -0.25) is 9.59 Å². The van der Waals surface area contributed by atoms with Crippen molar-refractivity contribution in [3.8, 4) is 5.75 Å². The largest absolute Gasteiger partial charge is 0.508 e. The Labute approximate surface area is 169 Å². The lowest BCUT2D eigenvalue weighted by Gasteiger charge is -2.33. The number of anilines is 1. The number of ether oxygens (including phenoxy) is 1. The molecule has 1 unspecified atom stereocenters. The normalized spacial score (nSPS) is 13.6. The van der Waals surface area contributed by atoms with Crippen molar-refractivity contribution in [3.05, 3.63) is 58.9 Å². The number of rotatable bonds is 8. The molecule has 7 heteroatoms. The molecule has 0 aromatic heterocycles. The van der Waals surface area contributed by atoms with Crippen LogP contribution in [0.1, 0.15) is 48.7 Å². The van der Waals surface area contributed by atoms with E-state index in [2.05, 4.69) is 5.32 Å². The molecule has 2 aromatic carbocycles. The number of benzene rings is 2. The van der Waals surface area contributed by atoms with Gasteiger partial charge in [0.2, 0.25) is 0 Å². The summed E-state index contributed by atoms with van der Waals surface area (Å²) in [4.78, 5) is 23.8. The van der Waals surface area contributed by atoms with Gasteiger partial charge < -0.3 is 20.3 Å². The van der Waals surface area contributed by atoms with E-state index in [1.807, 2.05) is 0 Å². The molecular formula is C22H26FNO5. The third-order valence-corrected chi connectivity index (χ3v) is 4.79. The van der Waals surface area contributed by atoms with Gasteiger partial charge in [0.15, 0.2) is 0 Å². The third kappa shape index (κ3) is 5.40. The molecule has 0 aliphatic carbocycles. The Kier molecular flexibility index (Phi) is 6.77. The van der Waals surface area contributed by atoms with Crippen LogP contribution in [0.15, 0.2) is 36.4 Å². The molecule has 0 aliphatic heterocycles. The molecule has 1 atom stereocenters. The predicted octanol–water partition coefficient (Wildman–Crippen LogP) is 3.55. The average Bonchev–Trinajstić information content (AvgIpc) is 2.63. The molecule has 3 N–H and O–H groups in total. The first-order valence-electron chi connectivity index (χ1n) is 9.10. The lowest BCUT2D eigenvalue weighted by Crippen LogP contribution is -2.44. The molecule has 0 radical (unpaired) electrons. The second-order valence-corrected chi connectivity index (χ2v) is 7.91. The minimum Gasteiger partial charge on any atom is -0.508 e. The van der Waals surface area contributed by atoms with E-state index >= 15 is 0 Å². The summed E-state index contributed by atoms with van der Waals surface area (Å²) in [6, 6.07) is 8.29. The Hall–Kier alpha value is -2.77. The Morgan fingerprint density at radius 1 is 1.21 bits per heavy atom. The van der Waals surface area contributed by atoms with Crippen molar-refractivity contribution in [2.24, 2.45) is 0 Å². The van der Waals surface area contributed by atoms with Crippen molar-refractivity contribution in [2.75, 3.05) is 12.4 Å². The van der Waals surface area contributed by atoms with Gasteiger partial charge in [-0.1, -0.05) is 13.8 Å². The van der Waals surface area contributed by atoms with E-state index < -0.39 is 22.7 Å². The van der Waals surface area contributed by atoms with E-state index in [4.69, 9.17) is 4.74 Å². The zero-order valence-corrected chi connectivity index (χ0v) is 17.0. The standard InChI is InChI=1S/C22H26FNO5/c1-21(2,18-10-16(23)6-8-19(18)26)13-22(3,28)20(27)24-17-7-5-14(11-25)15(9-17)12-29-4/h5-11,26,28H,12-13H2,1-4H3,(H,24,27). The molecule has 0 bridgehead atoms. The Bertz CT molecular complexity index is 908. The van der Waals surface area contributed by atoms with Gasteiger partial charge in [0.1, 0.15) is 23.5 Å². The monoisotopic (exact) mass is 403 g/mol. The average molecular weight is 403 g/mol. The van der Waals surface area contributed by atoms with Crippen LogP contribution in [0.25, 0.3) is 0 Å². The molecule has 0 aliphatic rings. The van der Waals surface area contributed by atoms with Gasteiger partial charge in [0.25, 0.3) is 5.91 Å². The second kappa shape index (κ2) is 8.71. The minimum absolute atomic E-state index is 0.0692. The Morgan fingerprint density at radius 3 is 2.52 bits per heavy atom. The van der Waals surface area contributed by atoms with Crippen LogP contribution in [0.4, 0.5) is 10.1 Å². The van der Waals surface area contributed by atoms with Crippen LogP contribution >= 0.6 is 0 Å². The SMILES string of the molecule is COCc1cc(NC(=O)C(C)(O)CC(C)(C)c2cc(F)ccc2O)ccc1C=O. The second-order valence-electron chi connectivity index (χ2n) is 7.91. The number of amides is 1. The van der Waals surface area contributed by atoms with Gasteiger partial charge in [-0.05, 0) is 60.7 Å². The maximum absolute atomic E-state index is 13.6. The van der Waals surface area contributed by atoms with Gasteiger partial charge in [0.05, 0.1) is 6.61 Å². The highest BCUT2D eigenvalue weighted by Crippen LogP contribution is 2.38. The van der Waals surface area contributed by atoms with Crippen molar-refractivity contribution in [2.45, 2.75) is 44.8 Å². The fourth-order valence-corrected chi connectivity index (χ4v) is 3.43. The zero-order chi connectivity index (χ0) is 21.8. The molecule has 0 saturated heterocycles. The number of halogens is 1. The summed E-state index contributed by atoms with van der Waals surface area (Å²) in [6.45, 7) is 4.97. The fraction of sp³-hybridized carbons (Fsp3) is 0.364. The van der Waals surface area contributed by atoms with E-state index in [-0.39, 0.29) is 18.8 Å². The van der Waals surface area contributed by atoms with Crippen LogP contribution in [-0.4, -0.2) is 35.1 Å². The number of phenols is 1. The van der Waals surface area contributed by atoms with Gasteiger partial charge in [-0.2, -0.15) is 0 Å². The lowest BCUT2D eigenvalue weighted by molar-refractivity contribution is -0.134. The third-order valence-electron chi connectivity index (χ3n) is 4.79. The van der Waals surface area contributed by atoms with Gasteiger partial charge in [-0.15, -0.1) is 0 Å². The van der Waals surface area contributed by atoms with Crippen LogP contribution in [0.5, 0.6) is 5.75 Å². The first-order chi connectivity index (χ1) is 13.5. The summed E-state index contributed by atoms with van der Waals surface area (Å²) in [7, 11) is 1.49. The van der Waals surface area contributed by atoms with Crippen LogP contribution in [0, 0.1) is 5.82 Å². The molecule has 0 spiro atoms. The van der Waals surface area contributed by atoms with Crippen molar-refractivity contribution in [1.82, 2.24) is 0 Å². The minimum atomic E-state index is -1.81. The highest BCUT2D eigenvalue weighted by atomic mass is 19.1. The number of aromatic hydroxyl groups is 1. The molecule has 1 amide bonds. The van der Waals surface area contributed by atoms with E-state index in [0.29, 0.717) is 28.7 Å². The maximum Gasteiger partial charge on any atom is 0.256 e. The summed E-state index contributed by atoms with van der Waals surface area (Å²) in [5.74, 6) is -1.29. The molecule has 29 heavy (non-hydrogen) atoms. The van der Waals surface area contributed by atoms with Crippen molar-refractivity contribution in [1.29, 1.82) is 0 Å². The molecule has 0 fully saturated rings. The first-order valence-corrected chi connectivity index (χ1v) is 9.10. The summed E-state index contributed by atoms with van der Waals surface area (Å²) < 4.78 is 18.7. The number of aldehydes is 1. The first kappa shape index (κ1) is 22.5.